The van der Waals surface area contributed by atoms with Crippen LogP contribution in [0, 0.1) is 5.92 Å². The Balaban J connectivity index is 1.59. The average molecular weight is 527 g/mol. The SMILES string of the molecule is CC(OCc1ccc(Cl)c(Cl)c1)C(=O)C1C(NCc2ccccc2)NCCC1(CO)c1ccccc1. The van der Waals surface area contributed by atoms with Gasteiger partial charge in [0.05, 0.1) is 35.3 Å². The summed E-state index contributed by atoms with van der Waals surface area (Å²) in [5.41, 5.74) is 2.17. The number of ketones is 1. The number of aliphatic hydroxyl groups excluding tert-OH is 1. The predicted octanol–water partition coefficient (Wildman–Crippen LogP) is 5.12. The van der Waals surface area contributed by atoms with Crippen LogP contribution in [0.1, 0.15) is 30.0 Å². The van der Waals surface area contributed by atoms with Gasteiger partial charge in [-0.05, 0) is 48.7 Å². The van der Waals surface area contributed by atoms with Crippen molar-refractivity contribution in [2.75, 3.05) is 13.2 Å². The second-order valence-electron chi connectivity index (χ2n) is 9.31. The van der Waals surface area contributed by atoms with E-state index in [1.807, 2.05) is 66.7 Å². The lowest BCUT2D eigenvalue weighted by atomic mass is 9.63. The molecule has 1 aliphatic heterocycles. The summed E-state index contributed by atoms with van der Waals surface area (Å²) in [5, 5.41) is 18.7. The number of aliphatic hydroxyl groups is 1. The largest absolute Gasteiger partial charge is 0.395 e. The first-order chi connectivity index (χ1) is 17.4. The summed E-state index contributed by atoms with van der Waals surface area (Å²) in [4.78, 5) is 14.0. The third kappa shape index (κ3) is 6.00. The third-order valence-corrected chi connectivity index (χ3v) is 7.79. The van der Waals surface area contributed by atoms with Crippen LogP contribution >= 0.6 is 23.2 Å². The Morgan fingerprint density at radius 2 is 1.75 bits per heavy atom. The number of Topliss-reactive ketones (excluding diaryl/α,β-unsaturated/α-hetero) is 1. The van der Waals surface area contributed by atoms with Crippen LogP contribution in [-0.4, -0.2) is 36.3 Å². The molecule has 1 heterocycles. The fourth-order valence-corrected chi connectivity index (χ4v) is 5.36. The van der Waals surface area contributed by atoms with Crippen molar-refractivity contribution in [2.24, 2.45) is 5.92 Å². The number of nitrogens with one attached hydrogen (secondary N) is 2. The smallest absolute Gasteiger partial charge is 0.168 e. The molecule has 7 heteroatoms. The van der Waals surface area contributed by atoms with Gasteiger partial charge < -0.3 is 15.2 Å². The van der Waals surface area contributed by atoms with Crippen LogP contribution in [-0.2, 0) is 28.1 Å². The van der Waals surface area contributed by atoms with Crippen molar-refractivity contribution in [3.63, 3.8) is 0 Å². The van der Waals surface area contributed by atoms with Gasteiger partial charge in [0.1, 0.15) is 6.10 Å². The van der Waals surface area contributed by atoms with Crippen molar-refractivity contribution in [3.05, 3.63) is 106 Å². The zero-order chi connectivity index (χ0) is 25.5. The molecule has 1 aliphatic rings. The van der Waals surface area contributed by atoms with Gasteiger partial charge in [-0.3, -0.25) is 10.1 Å². The molecule has 0 spiro atoms. The summed E-state index contributed by atoms with van der Waals surface area (Å²) in [5.74, 6) is -0.614. The zero-order valence-electron chi connectivity index (χ0n) is 20.3. The van der Waals surface area contributed by atoms with E-state index in [-0.39, 0.29) is 25.2 Å². The molecule has 4 unspecified atom stereocenters. The molecule has 4 rings (SSSR count). The number of carbonyl (C=O) groups excluding carboxylic acids is 1. The molecule has 0 bridgehead atoms. The molecule has 1 saturated heterocycles. The molecule has 0 aliphatic carbocycles. The highest BCUT2D eigenvalue weighted by molar-refractivity contribution is 6.42. The molecule has 3 N–H and O–H groups in total. The molecule has 4 atom stereocenters. The summed E-state index contributed by atoms with van der Waals surface area (Å²) >= 11 is 12.2. The van der Waals surface area contributed by atoms with E-state index < -0.39 is 17.4 Å². The Hall–Kier alpha value is -2.25. The van der Waals surface area contributed by atoms with Crippen molar-refractivity contribution in [2.45, 2.75) is 44.2 Å². The first-order valence-corrected chi connectivity index (χ1v) is 13.0. The number of benzene rings is 3. The first-order valence-electron chi connectivity index (χ1n) is 12.2. The predicted molar refractivity (Wildman–Crippen MR) is 144 cm³/mol. The van der Waals surface area contributed by atoms with E-state index in [9.17, 15) is 9.90 Å². The molecule has 3 aromatic rings. The molecule has 5 nitrogen and oxygen atoms in total. The van der Waals surface area contributed by atoms with Crippen molar-refractivity contribution in [3.8, 4) is 0 Å². The second kappa shape index (κ2) is 12.3. The lowest BCUT2D eigenvalue weighted by Crippen LogP contribution is -2.64. The van der Waals surface area contributed by atoms with Gasteiger partial charge in [-0.15, -0.1) is 0 Å². The summed E-state index contributed by atoms with van der Waals surface area (Å²) in [6.07, 6.45) is -0.401. The summed E-state index contributed by atoms with van der Waals surface area (Å²) < 4.78 is 6.03. The second-order valence-corrected chi connectivity index (χ2v) is 10.1. The highest BCUT2D eigenvalue weighted by Crippen LogP contribution is 2.41. The Kier molecular flexibility index (Phi) is 9.18. The van der Waals surface area contributed by atoms with Gasteiger partial charge in [-0.25, -0.2) is 0 Å². The van der Waals surface area contributed by atoms with E-state index in [2.05, 4.69) is 10.6 Å². The van der Waals surface area contributed by atoms with Gasteiger partial charge in [0.25, 0.3) is 0 Å². The Labute approximate surface area is 222 Å². The molecule has 1 fully saturated rings. The van der Waals surface area contributed by atoms with Gasteiger partial charge in [0.15, 0.2) is 5.78 Å². The summed E-state index contributed by atoms with van der Waals surface area (Å²) in [6.45, 7) is 3.12. The van der Waals surface area contributed by atoms with Crippen LogP contribution in [0.5, 0.6) is 0 Å². The topological polar surface area (TPSA) is 70.6 Å². The maximum absolute atomic E-state index is 14.0. The van der Waals surface area contributed by atoms with Gasteiger partial charge in [0.2, 0.25) is 0 Å². The number of ether oxygens (including phenoxy) is 1. The molecule has 0 amide bonds. The Morgan fingerprint density at radius 1 is 1.06 bits per heavy atom. The third-order valence-electron chi connectivity index (χ3n) is 7.06. The van der Waals surface area contributed by atoms with E-state index in [1.54, 1.807) is 19.1 Å². The van der Waals surface area contributed by atoms with Crippen molar-refractivity contribution in [1.29, 1.82) is 0 Å². The van der Waals surface area contributed by atoms with Crippen LogP contribution in [0.15, 0.2) is 78.9 Å². The first kappa shape index (κ1) is 26.8. The standard InChI is InChI=1S/C29H32Cl2N2O3/c1-20(36-18-22-12-13-24(30)25(31)16-22)27(35)26-28(33-17-21-8-4-2-5-9-21)32-15-14-29(26,19-34)23-10-6-3-7-11-23/h2-13,16,20,26,28,32-34H,14-15,17-19H2,1H3. The number of hydrogen-bond donors (Lipinski definition) is 3. The Bertz CT molecular complexity index is 1150. The molecule has 36 heavy (non-hydrogen) atoms. The normalized spacial score (nSPS) is 22.8. The lowest BCUT2D eigenvalue weighted by molar-refractivity contribution is -0.141. The van der Waals surface area contributed by atoms with Crippen LogP contribution in [0.2, 0.25) is 10.0 Å². The maximum Gasteiger partial charge on any atom is 0.168 e. The van der Waals surface area contributed by atoms with Crippen molar-refractivity contribution >= 4 is 29.0 Å². The van der Waals surface area contributed by atoms with Crippen molar-refractivity contribution < 1.29 is 14.6 Å². The van der Waals surface area contributed by atoms with Crippen LogP contribution < -0.4 is 10.6 Å². The van der Waals surface area contributed by atoms with Crippen LogP contribution in [0.4, 0.5) is 0 Å². The van der Waals surface area contributed by atoms with E-state index in [1.165, 1.54) is 0 Å². The van der Waals surface area contributed by atoms with E-state index >= 15 is 0 Å². The maximum atomic E-state index is 14.0. The van der Waals surface area contributed by atoms with E-state index in [4.69, 9.17) is 27.9 Å². The van der Waals surface area contributed by atoms with Gasteiger partial charge >= 0.3 is 0 Å². The minimum atomic E-state index is -0.737. The van der Waals surface area contributed by atoms with E-state index in [0.29, 0.717) is 29.6 Å². The monoisotopic (exact) mass is 526 g/mol. The number of piperidine rings is 1. The minimum Gasteiger partial charge on any atom is -0.395 e. The fraction of sp³-hybridized carbons (Fsp3) is 0.345. The Morgan fingerprint density at radius 3 is 2.42 bits per heavy atom. The van der Waals surface area contributed by atoms with Crippen LogP contribution in [0.3, 0.4) is 0 Å². The number of halogens is 2. The zero-order valence-corrected chi connectivity index (χ0v) is 21.8. The van der Waals surface area contributed by atoms with Gasteiger partial charge in [-0.2, -0.15) is 0 Å². The summed E-state index contributed by atoms with van der Waals surface area (Å²) in [7, 11) is 0. The molecule has 0 radical (unpaired) electrons. The number of rotatable bonds is 10. The lowest BCUT2D eigenvalue weighted by Gasteiger charge is -2.48. The van der Waals surface area contributed by atoms with Gasteiger partial charge in [-0.1, -0.05) is 89.9 Å². The fourth-order valence-electron chi connectivity index (χ4n) is 5.04. The molecular formula is C29H32Cl2N2O3. The molecule has 3 aromatic carbocycles. The molecular weight excluding hydrogens is 495 g/mol. The van der Waals surface area contributed by atoms with Crippen molar-refractivity contribution in [1.82, 2.24) is 10.6 Å². The van der Waals surface area contributed by atoms with Crippen LogP contribution in [0.25, 0.3) is 0 Å². The number of carbonyl (C=O) groups is 1. The average Bonchev–Trinajstić information content (AvgIpc) is 2.92. The highest BCUT2D eigenvalue weighted by atomic mass is 35.5. The molecule has 0 aromatic heterocycles. The van der Waals surface area contributed by atoms with E-state index in [0.717, 1.165) is 16.7 Å². The molecule has 0 saturated carbocycles. The number of hydrogen-bond acceptors (Lipinski definition) is 5. The highest BCUT2D eigenvalue weighted by Gasteiger charge is 2.51. The minimum absolute atomic E-state index is 0.0641. The summed E-state index contributed by atoms with van der Waals surface area (Å²) in [6, 6.07) is 25.2. The molecule has 190 valence electrons. The quantitative estimate of drug-likeness (QED) is 0.341. The van der Waals surface area contributed by atoms with Gasteiger partial charge in [0, 0.05) is 12.0 Å².